The molecule has 0 spiro atoms. The first-order valence-corrected chi connectivity index (χ1v) is 10.3. The highest BCUT2D eigenvalue weighted by Gasteiger charge is 2.19. The molecule has 0 N–H and O–H groups in total. The van der Waals surface area contributed by atoms with Crippen molar-refractivity contribution in [3.05, 3.63) is 71.3 Å². The van der Waals surface area contributed by atoms with Crippen LogP contribution >= 0.6 is 0 Å². The van der Waals surface area contributed by atoms with Crippen molar-refractivity contribution in [3.8, 4) is 17.2 Å². The lowest BCUT2D eigenvalue weighted by Gasteiger charge is -2.26. The maximum absolute atomic E-state index is 13.8. The normalized spacial score (nSPS) is 19.4. The standard InChI is InChI=1S/C25H26F3N/c26-14-2-1-3-18-4-6-19(7-5-18)8-9-20-10-12-21(13-11-20)22-15-24(27)23(17-29)25(28)16-22/h1,3,10-13,15-16,18-19H,2,4-9,14H2/b3-1+. The summed E-state index contributed by atoms with van der Waals surface area (Å²) in [7, 11) is 0. The molecular weight excluding hydrogens is 371 g/mol. The van der Waals surface area contributed by atoms with Gasteiger partial charge >= 0.3 is 0 Å². The van der Waals surface area contributed by atoms with Crippen molar-refractivity contribution in [2.75, 3.05) is 6.67 Å². The summed E-state index contributed by atoms with van der Waals surface area (Å²) in [6.07, 6.45) is 11.6. The van der Waals surface area contributed by atoms with Crippen LogP contribution in [-0.2, 0) is 6.42 Å². The molecule has 152 valence electrons. The Morgan fingerprint density at radius 2 is 1.62 bits per heavy atom. The largest absolute Gasteiger partial charge is 0.251 e. The number of nitrogens with zero attached hydrogens (tertiary/aromatic N) is 1. The molecule has 3 rings (SSSR count). The second kappa shape index (κ2) is 10.3. The fourth-order valence-electron chi connectivity index (χ4n) is 4.10. The van der Waals surface area contributed by atoms with Crippen molar-refractivity contribution in [1.29, 1.82) is 5.26 Å². The minimum atomic E-state index is -0.832. The molecule has 0 aliphatic heterocycles. The number of aryl methyl sites for hydroxylation is 1. The van der Waals surface area contributed by atoms with Gasteiger partial charge in [0.2, 0.25) is 0 Å². The van der Waals surface area contributed by atoms with Crippen LogP contribution in [0.25, 0.3) is 11.1 Å². The molecule has 0 unspecified atom stereocenters. The van der Waals surface area contributed by atoms with Gasteiger partial charge in [0.1, 0.15) is 23.3 Å². The van der Waals surface area contributed by atoms with Crippen molar-refractivity contribution in [2.45, 2.75) is 44.9 Å². The number of hydrogen-bond acceptors (Lipinski definition) is 1. The average molecular weight is 397 g/mol. The van der Waals surface area contributed by atoms with Gasteiger partial charge in [-0.1, -0.05) is 36.4 Å². The fourth-order valence-corrected chi connectivity index (χ4v) is 4.10. The van der Waals surface area contributed by atoms with E-state index in [0.29, 0.717) is 17.9 Å². The number of halogens is 3. The summed E-state index contributed by atoms with van der Waals surface area (Å²) >= 11 is 0. The van der Waals surface area contributed by atoms with Crippen LogP contribution in [0.5, 0.6) is 0 Å². The van der Waals surface area contributed by atoms with Crippen LogP contribution in [0.4, 0.5) is 13.2 Å². The average Bonchev–Trinajstić information content (AvgIpc) is 2.73. The van der Waals surface area contributed by atoms with Gasteiger partial charge in [-0.05, 0) is 85.6 Å². The molecule has 0 saturated heterocycles. The van der Waals surface area contributed by atoms with Crippen molar-refractivity contribution in [2.24, 2.45) is 11.8 Å². The Labute approximate surface area is 170 Å². The van der Waals surface area contributed by atoms with Gasteiger partial charge in [-0.2, -0.15) is 5.26 Å². The van der Waals surface area contributed by atoms with Gasteiger partial charge in [-0.3, -0.25) is 4.39 Å². The maximum Gasteiger partial charge on any atom is 0.144 e. The molecular formula is C25H26F3N. The van der Waals surface area contributed by atoms with Crippen molar-refractivity contribution in [3.63, 3.8) is 0 Å². The van der Waals surface area contributed by atoms with E-state index in [1.807, 2.05) is 30.3 Å². The molecule has 2 aromatic carbocycles. The summed E-state index contributed by atoms with van der Waals surface area (Å²) in [5.41, 5.74) is 1.84. The minimum Gasteiger partial charge on any atom is -0.251 e. The quantitative estimate of drug-likeness (QED) is 0.455. The first-order chi connectivity index (χ1) is 14.1. The van der Waals surface area contributed by atoms with E-state index >= 15 is 0 Å². The van der Waals surface area contributed by atoms with Crippen LogP contribution in [0.15, 0.2) is 48.6 Å². The number of rotatable bonds is 7. The third-order valence-electron chi connectivity index (χ3n) is 5.86. The minimum absolute atomic E-state index is 0.278. The number of nitriles is 1. The van der Waals surface area contributed by atoms with Crippen LogP contribution < -0.4 is 0 Å². The van der Waals surface area contributed by atoms with E-state index < -0.39 is 17.2 Å². The van der Waals surface area contributed by atoms with E-state index in [9.17, 15) is 13.2 Å². The molecule has 2 aromatic rings. The van der Waals surface area contributed by atoms with E-state index in [-0.39, 0.29) is 6.67 Å². The van der Waals surface area contributed by atoms with Crippen LogP contribution in [0, 0.1) is 34.8 Å². The third kappa shape index (κ3) is 5.73. The van der Waals surface area contributed by atoms with Crippen LogP contribution in [0.2, 0.25) is 0 Å². The molecule has 0 atom stereocenters. The highest BCUT2D eigenvalue weighted by Crippen LogP contribution is 2.32. The molecule has 1 aliphatic rings. The van der Waals surface area contributed by atoms with Gasteiger partial charge in [0.15, 0.2) is 0 Å². The van der Waals surface area contributed by atoms with Crippen LogP contribution in [-0.4, -0.2) is 6.67 Å². The molecule has 4 heteroatoms. The fraction of sp³-hybridized carbons (Fsp3) is 0.400. The van der Waals surface area contributed by atoms with Gasteiger partial charge in [0.25, 0.3) is 0 Å². The maximum atomic E-state index is 13.8. The predicted octanol–water partition coefficient (Wildman–Crippen LogP) is 7.16. The smallest absolute Gasteiger partial charge is 0.144 e. The Morgan fingerprint density at radius 3 is 2.21 bits per heavy atom. The van der Waals surface area contributed by atoms with E-state index in [2.05, 4.69) is 6.08 Å². The molecule has 0 aromatic heterocycles. The first kappa shape index (κ1) is 21.2. The molecule has 0 heterocycles. The van der Waals surface area contributed by atoms with Crippen molar-refractivity contribution in [1.82, 2.24) is 0 Å². The lowest BCUT2D eigenvalue weighted by Crippen LogP contribution is -2.13. The van der Waals surface area contributed by atoms with E-state index in [4.69, 9.17) is 5.26 Å². The molecule has 1 saturated carbocycles. The molecule has 1 aliphatic carbocycles. The van der Waals surface area contributed by atoms with Gasteiger partial charge in [-0.15, -0.1) is 0 Å². The van der Waals surface area contributed by atoms with E-state index in [1.54, 1.807) is 6.07 Å². The third-order valence-corrected chi connectivity index (χ3v) is 5.86. The summed E-state index contributed by atoms with van der Waals surface area (Å²) in [5.74, 6) is -0.337. The van der Waals surface area contributed by atoms with Crippen molar-refractivity contribution < 1.29 is 13.2 Å². The zero-order valence-electron chi connectivity index (χ0n) is 16.5. The number of alkyl halides is 1. The Bertz CT molecular complexity index is 849. The molecule has 1 fully saturated rings. The second-order valence-corrected chi connectivity index (χ2v) is 7.85. The monoisotopic (exact) mass is 397 g/mol. The Morgan fingerprint density at radius 1 is 0.966 bits per heavy atom. The lowest BCUT2D eigenvalue weighted by atomic mass is 9.79. The number of benzene rings is 2. The Hall–Kier alpha value is -2.54. The summed E-state index contributed by atoms with van der Waals surface area (Å²) in [6.45, 7) is -0.278. The summed E-state index contributed by atoms with van der Waals surface area (Å²) in [4.78, 5) is 0. The molecule has 1 nitrogen and oxygen atoms in total. The summed E-state index contributed by atoms with van der Waals surface area (Å²) < 4.78 is 39.8. The zero-order valence-corrected chi connectivity index (χ0v) is 16.5. The SMILES string of the molecule is N#Cc1c(F)cc(-c2ccc(CCC3CCC(/C=C/CCF)CC3)cc2)cc1F. The molecule has 0 amide bonds. The van der Waals surface area contributed by atoms with Crippen LogP contribution in [0.1, 0.15) is 49.7 Å². The van der Waals surface area contributed by atoms with Crippen LogP contribution in [0.3, 0.4) is 0 Å². The molecule has 0 bridgehead atoms. The lowest BCUT2D eigenvalue weighted by molar-refractivity contribution is 0.296. The molecule has 0 radical (unpaired) electrons. The summed E-state index contributed by atoms with van der Waals surface area (Å²) in [5, 5.41) is 8.78. The molecule has 29 heavy (non-hydrogen) atoms. The van der Waals surface area contributed by atoms with Gasteiger partial charge in [-0.25, -0.2) is 8.78 Å². The predicted molar refractivity (Wildman–Crippen MR) is 110 cm³/mol. The summed E-state index contributed by atoms with van der Waals surface area (Å²) in [6, 6.07) is 11.7. The second-order valence-electron chi connectivity index (χ2n) is 7.85. The van der Waals surface area contributed by atoms with Gasteiger partial charge < -0.3 is 0 Å². The first-order valence-electron chi connectivity index (χ1n) is 10.3. The Balaban J connectivity index is 1.52. The van der Waals surface area contributed by atoms with Gasteiger partial charge in [0, 0.05) is 0 Å². The number of hydrogen-bond donors (Lipinski definition) is 0. The topological polar surface area (TPSA) is 23.8 Å². The zero-order chi connectivity index (χ0) is 20.6. The highest BCUT2D eigenvalue weighted by molar-refractivity contribution is 5.65. The van der Waals surface area contributed by atoms with Crippen molar-refractivity contribution >= 4 is 0 Å². The van der Waals surface area contributed by atoms with E-state index in [1.165, 1.54) is 43.4 Å². The highest BCUT2D eigenvalue weighted by atomic mass is 19.1. The Kier molecular flexibility index (Phi) is 7.52. The van der Waals surface area contributed by atoms with Gasteiger partial charge in [0.05, 0.1) is 6.67 Å². The number of allylic oxidation sites excluding steroid dienone is 2. The van der Waals surface area contributed by atoms with E-state index in [0.717, 1.165) is 24.3 Å².